The zero-order chi connectivity index (χ0) is 18.8. The van der Waals surface area contributed by atoms with E-state index in [1.807, 2.05) is 29.4 Å². The van der Waals surface area contributed by atoms with Crippen molar-refractivity contribution in [3.05, 3.63) is 58.9 Å². The van der Waals surface area contributed by atoms with Gasteiger partial charge in [-0.05, 0) is 48.7 Å². The molecular formula is C20H23ClN4O2. The lowest BCUT2D eigenvalue weighted by molar-refractivity contribution is 0.0701. The summed E-state index contributed by atoms with van der Waals surface area (Å²) < 4.78 is 5.39. The number of hydrazine groups is 1. The second-order valence-corrected chi connectivity index (χ2v) is 7.43. The normalized spacial score (nSPS) is 25.0. The number of carbonyl (C=O) groups excluding carboxylic acids is 1. The van der Waals surface area contributed by atoms with Gasteiger partial charge >= 0.3 is 0 Å². The molecule has 3 unspecified atom stereocenters. The van der Waals surface area contributed by atoms with Crippen LogP contribution in [0.3, 0.4) is 0 Å². The Labute approximate surface area is 163 Å². The Bertz CT molecular complexity index is 817. The quantitative estimate of drug-likeness (QED) is 0.845. The fourth-order valence-electron chi connectivity index (χ4n) is 4.23. The number of methoxy groups -OCH3 is 1. The summed E-state index contributed by atoms with van der Waals surface area (Å²) in [5, 5.41) is 0.533. The van der Waals surface area contributed by atoms with Crippen LogP contribution in [0.15, 0.2) is 42.7 Å². The Balaban J connectivity index is 1.61. The number of carbonyl (C=O) groups is 1. The summed E-state index contributed by atoms with van der Waals surface area (Å²) in [6, 6.07) is 9.52. The topological polar surface area (TPSA) is 66.5 Å². The van der Waals surface area contributed by atoms with Crippen LogP contribution in [-0.4, -0.2) is 48.1 Å². The highest BCUT2D eigenvalue weighted by atomic mass is 35.5. The van der Waals surface area contributed by atoms with E-state index in [1.54, 1.807) is 25.3 Å². The van der Waals surface area contributed by atoms with Crippen molar-refractivity contribution in [2.45, 2.75) is 30.8 Å². The number of rotatable bonds is 4. The van der Waals surface area contributed by atoms with Crippen molar-refractivity contribution in [3.8, 4) is 5.75 Å². The van der Waals surface area contributed by atoms with Gasteiger partial charge in [0.1, 0.15) is 5.75 Å². The SMILES string of the molecule is COc1ccc(Cl)cc1C(=O)N1CCCC1C1NNCC1c1ccncc1. The van der Waals surface area contributed by atoms with Crippen LogP contribution >= 0.6 is 11.6 Å². The van der Waals surface area contributed by atoms with Gasteiger partial charge in [-0.3, -0.25) is 20.6 Å². The van der Waals surface area contributed by atoms with E-state index in [4.69, 9.17) is 16.3 Å². The monoisotopic (exact) mass is 386 g/mol. The number of benzene rings is 1. The molecule has 6 nitrogen and oxygen atoms in total. The molecule has 3 atom stereocenters. The number of nitrogens with one attached hydrogen (secondary N) is 2. The van der Waals surface area contributed by atoms with E-state index in [9.17, 15) is 4.79 Å². The van der Waals surface area contributed by atoms with Gasteiger partial charge < -0.3 is 9.64 Å². The van der Waals surface area contributed by atoms with E-state index in [0.717, 1.165) is 25.9 Å². The first-order valence-corrected chi connectivity index (χ1v) is 9.59. The smallest absolute Gasteiger partial charge is 0.257 e. The summed E-state index contributed by atoms with van der Waals surface area (Å²) in [4.78, 5) is 19.4. The molecule has 2 fully saturated rings. The Morgan fingerprint density at radius 2 is 2.11 bits per heavy atom. The van der Waals surface area contributed by atoms with Crippen LogP contribution in [-0.2, 0) is 0 Å². The molecule has 2 N–H and O–H groups in total. The molecule has 2 saturated heterocycles. The number of halogens is 1. The van der Waals surface area contributed by atoms with Gasteiger partial charge in [-0.2, -0.15) is 0 Å². The van der Waals surface area contributed by atoms with Crippen LogP contribution in [0.25, 0.3) is 0 Å². The van der Waals surface area contributed by atoms with Gasteiger partial charge in [0.05, 0.1) is 12.7 Å². The molecule has 0 saturated carbocycles. The lowest BCUT2D eigenvalue weighted by Gasteiger charge is -2.32. The lowest BCUT2D eigenvalue weighted by Crippen LogP contribution is -2.49. The number of hydrogen-bond acceptors (Lipinski definition) is 5. The average molecular weight is 387 g/mol. The van der Waals surface area contributed by atoms with Crippen molar-refractivity contribution in [2.75, 3.05) is 20.2 Å². The molecule has 0 radical (unpaired) electrons. The van der Waals surface area contributed by atoms with E-state index >= 15 is 0 Å². The molecule has 2 aliphatic heterocycles. The van der Waals surface area contributed by atoms with Crippen LogP contribution in [0.1, 0.15) is 34.7 Å². The molecule has 0 aliphatic carbocycles. The van der Waals surface area contributed by atoms with Crippen molar-refractivity contribution in [1.29, 1.82) is 0 Å². The molecule has 4 rings (SSSR count). The fourth-order valence-corrected chi connectivity index (χ4v) is 4.41. The Kier molecular flexibility index (Phi) is 5.29. The van der Waals surface area contributed by atoms with Crippen LogP contribution in [0, 0.1) is 0 Å². The fraction of sp³-hybridized carbons (Fsp3) is 0.400. The highest BCUT2D eigenvalue weighted by molar-refractivity contribution is 6.31. The molecule has 7 heteroatoms. The second-order valence-electron chi connectivity index (χ2n) is 6.99. The largest absolute Gasteiger partial charge is 0.496 e. The number of ether oxygens (including phenoxy) is 1. The molecule has 0 spiro atoms. The van der Waals surface area contributed by atoms with Crippen molar-refractivity contribution in [1.82, 2.24) is 20.7 Å². The highest BCUT2D eigenvalue weighted by Gasteiger charge is 2.42. The number of nitrogens with zero attached hydrogens (tertiary/aromatic N) is 2. The summed E-state index contributed by atoms with van der Waals surface area (Å²) in [6.45, 7) is 1.56. The molecule has 1 amide bonds. The molecule has 1 aromatic heterocycles. The summed E-state index contributed by atoms with van der Waals surface area (Å²) in [5.74, 6) is 0.810. The number of likely N-dealkylation sites (tertiary alicyclic amines) is 1. The summed E-state index contributed by atoms with van der Waals surface area (Å²) in [7, 11) is 1.57. The van der Waals surface area contributed by atoms with E-state index in [0.29, 0.717) is 16.3 Å². The summed E-state index contributed by atoms with van der Waals surface area (Å²) in [5.41, 5.74) is 8.42. The zero-order valence-electron chi connectivity index (χ0n) is 15.2. The third kappa shape index (κ3) is 3.52. The average Bonchev–Trinajstić information content (AvgIpc) is 3.37. The molecule has 2 aromatic rings. The van der Waals surface area contributed by atoms with Gasteiger partial charge in [0.25, 0.3) is 5.91 Å². The maximum Gasteiger partial charge on any atom is 0.257 e. The summed E-state index contributed by atoms with van der Waals surface area (Å²) in [6.07, 6.45) is 5.59. The first kappa shape index (κ1) is 18.2. The van der Waals surface area contributed by atoms with Gasteiger partial charge in [-0.1, -0.05) is 11.6 Å². The third-order valence-electron chi connectivity index (χ3n) is 5.53. The molecular weight excluding hydrogens is 364 g/mol. The van der Waals surface area contributed by atoms with Gasteiger partial charge in [0.2, 0.25) is 0 Å². The van der Waals surface area contributed by atoms with Crippen LogP contribution < -0.4 is 15.6 Å². The number of amides is 1. The van der Waals surface area contributed by atoms with Crippen LogP contribution in [0.2, 0.25) is 5.02 Å². The maximum absolute atomic E-state index is 13.3. The minimum Gasteiger partial charge on any atom is -0.496 e. The molecule has 2 aliphatic rings. The first-order valence-electron chi connectivity index (χ1n) is 9.22. The Hall–Kier alpha value is -2.15. The summed E-state index contributed by atoms with van der Waals surface area (Å²) >= 11 is 6.14. The standard InChI is InChI=1S/C20H23ClN4O2/c1-27-18-5-4-14(21)11-15(18)20(26)25-10-2-3-17(25)19-16(12-23-24-19)13-6-8-22-9-7-13/h4-9,11,16-17,19,23-24H,2-3,10,12H2,1H3. The minimum absolute atomic E-state index is 0.0287. The zero-order valence-corrected chi connectivity index (χ0v) is 15.9. The van der Waals surface area contributed by atoms with Gasteiger partial charge in [-0.15, -0.1) is 0 Å². The van der Waals surface area contributed by atoms with E-state index < -0.39 is 0 Å². The molecule has 0 bridgehead atoms. The number of aromatic nitrogens is 1. The molecule has 3 heterocycles. The Morgan fingerprint density at radius 3 is 2.89 bits per heavy atom. The third-order valence-corrected chi connectivity index (χ3v) is 5.76. The van der Waals surface area contributed by atoms with Crippen molar-refractivity contribution in [2.24, 2.45) is 0 Å². The number of hydrogen-bond donors (Lipinski definition) is 2. The van der Waals surface area contributed by atoms with E-state index in [2.05, 4.69) is 15.8 Å². The van der Waals surface area contributed by atoms with E-state index in [-0.39, 0.29) is 23.9 Å². The van der Waals surface area contributed by atoms with Crippen LogP contribution in [0.4, 0.5) is 0 Å². The maximum atomic E-state index is 13.3. The van der Waals surface area contributed by atoms with Gasteiger partial charge in [-0.25, -0.2) is 0 Å². The molecule has 1 aromatic carbocycles. The van der Waals surface area contributed by atoms with Crippen molar-refractivity contribution in [3.63, 3.8) is 0 Å². The van der Waals surface area contributed by atoms with Crippen molar-refractivity contribution >= 4 is 17.5 Å². The van der Waals surface area contributed by atoms with E-state index in [1.165, 1.54) is 5.56 Å². The van der Waals surface area contributed by atoms with Crippen LogP contribution in [0.5, 0.6) is 5.75 Å². The van der Waals surface area contributed by atoms with Crippen molar-refractivity contribution < 1.29 is 9.53 Å². The molecule has 142 valence electrons. The lowest BCUT2D eigenvalue weighted by atomic mass is 9.88. The second kappa shape index (κ2) is 7.84. The predicted molar refractivity (Wildman–Crippen MR) is 104 cm³/mol. The molecule has 27 heavy (non-hydrogen) atoms. The first-order chi connectivity index (χ1) is 13.2. The predicted octanol–water partition coefficient (Wildman–Crippen LogP) is 2.61. The Morgan fingerprint density at radius 1 is 1.30 bits per heavy atom. The van der Waals surface area contributed by atoms with Gasteiger partial charge in [0, 0.05) is 48.5 Å². The van der Waals surface area contributed by atoms with Gasteiger partial charge in [0.15, 0.2) is 0 Å². The highest BCUT2D eigenvalue weighted by Crippen LogP contribution is 2.33. The minimum atomic E-state index is -0.0287. The number of pyridine rings is 1.